The second-order valence-electron chi connectivity index (χ2n) is 8.59. The van der Waals surface area contributed by atoms with Crippen molar-refractivity contribution in [3.63, 3.8) is 0 Å². The van der Waals surface area contributed by atoms with Gasteiger partial charge in [-0.25, -0.2) is 0 Å². The average molecular weight is 414 g/mol. The van der Waals surface area contributed by atoms with Crippen molar-refractivity contribution in [1.82, 2.24) is 14.4 Å². The zero-order valence-electron chi connectivity index (χ0n) is 17.7. The molecule has 1 fully saturated rings. The highest BCUT2D eigenvalue weighted by molar-refractivity contribution is 7.15. The molecule has 0 unspecified atom stereocenters. The van der Waals surface area contributed by atoms with Crippen molar-refractivity contribution in [1.29, 1.82) is 0 Å². The first-order valence-electron chi connectivity index (χ1n) is 10.8. The molecule has 0 N–H and O–H groups in total. The van der Waals surface area contributed by atoms with Crippen LogP contribution >= 0.6 is 11.3 Å². The van der Waals surface area contributed by atoms with Crippen LogP contribution in [0.25, 0.3) is 5.00 Å². The van der Waals surface area contributed by atoms with E-state index in [0.717, 1.165) is 42.7 Å². The van der Waals surface area contributed by atoms with Crippen LogP contribution in [0.15, 0.2) is 24.5 Å². The Kier molecular flexibility index (Phi) is 5.81. The number of aryl methyl sites for hydroxylation is 1. The highest BCUT2D eigenvalue weighted by Gasteiger charge is 2.33. The predicted octanol–water partition coefficient (Wildman–Crippen LogP) is 4.14. The van der Waals surface area contributed by atoms with Gasteiger partial charge in [-0.15, -0.1) is 11.3 Å². The van der Waals surface area contributed by atoms with E-state index in [2.05, 4.69) is 4.57 Å². The summed E-state index contributed by atoms with van der Waals surface area (Å²) >= 11 is 1.78. The lowest BCUT2D eigenvalue weighted by Gasteiger charge is -2.34. The molecule has 0 saturated carbocycles. The Labute approximate surface area is 177 Å². The number of aromatic nitrogens is 1. The van der Waals surface area contributed by atoms with Crippen molar-refractivity contribution in [2.24, 2.45) is 5.92 Å². The molecule has 0 radical (unpaired) electrons. The van der Waals surface area contributed by atoms with Gasteiger partial charge in [0, 0.05) is 49.4 Å². The summed E-state index contributed by atoms with van der Waals surface area (Å²) in [5, 5.41) is 1.06. The Balaban J connectivity index is 1.54. The lowest BCUT2D eigenvalue weighted by molar-refractivity contribution is -0.137. The van der Waals surface area contributed by atoms with E-state index >= 15 is 0 Å². The van der Waals surface area contributed by atoms with Gasteiger partial charge in [0.05, 0.1) is 5.56 Å². The number of rotatable bonds is 4. The van der Waals surface area contributed by atoms with Crippen LogP contribution in [0.5, 0.6) is 0 Å². The molecule has 6 heteroatoms. The summed E-state index contributed by atoms with van der Waals surface area (Å²) in [6.45, 7) is 5.41. The third-order valence-electron chi connectivity index (χ3n) is 6.46. The van der Waals surface area contributed by atoms with Crippen LogP contribution in [-0.4, -0.2) is 52.4 Å². The molecule has 1 saturated heterocycles. The van der Waals surface area contributed by atoms with Gasteiger partial charge in [-0.05, 0) is 70.1 Å². The van der Waals surface area contributed by atoms with Gasteiger partial charge in [-0.1, -0.05) is 0 Å². The van der Waals surface area contributed by atoms with Crippen LogP contribution in [-0.2, 0) is 17.6 Å². The van der Waals surface area contributed by atoms with Crippen molar-refractivity contribution in [2.75, 3.05) is 20.1 Å². The molecular formula is C23H31N3O2S. The Morgan fingerprint density at radius 2 is 1.76 bits per heavy atom. The number of hydrogen-bond donors (Lipinski definition) is 0. The van der Waals surface area contributed by atoms with Gasteiger partial charge in [0.25, 0.3) is 5.91 Å². The molecule has 156 valence electrons. The molecule has 4 rings (SSSR count). The second kappa shape index (κ2) is 8.34. The van der Waals surface area contributed by atoms with Crippen LogP contribution in [0.1, 0.15) is 60.3 Å². The monoisotopic (exact) mass is 413 g/mol. The summed E-state index contributed by atoms with van der Waals surface area (Å²) in [5.41, 5.74) is 2.18. The minimum atomic E-state index is 0.0340. The number of piperidine rings is 1. The van der Waals surface area contributed by atoms with Gasteiger partial charge in [-0.3, -0.25) is 9.59 Å². The van der Waals surface area contributed by atoms with E-state index in [1.807, 2.05) is 55.2 Å². The molecule has 1 aliphatic heterocycles. The minimum absolute atomic E-state index is 0.0340. The number of fused-ring (bicyclic) bond motifs is 1. The molecule has 0 atom stereocenters. The summed E-state index contributed by atoms with van der Waals surface area (Å²) in [4.78, 5) is 31.4. The number of hydrogen-bond acceptors (Lipinski definition) is 3. The van der Waals surface area contributed by atoms with E-state index in [4.69, 9.17) is 0 Å². The van der Waals surface area contributed by atoms with Gasteiger partial charge in [0.15, 0.2) is 0 Å². The van der Waals surface area contributed by atoms with Crippen LogP contribution in [0.3, 0.4) is 0 Å². The molecule has 0 spiro atoms. The Bertz CT molecular complexity index is 876. The fraction of sp³-hybridized carbons (Fsp3) is 0.565. The summed E-state index contributed by atoms with van der Waals surface area (Å²) < 4.78 is 2.09. The number of likely N-dealkylation sites (tertiary alicyclic amines) is 1. The van der Waals surface area contributed by atoms with E-state index in [0.29, 0.717) is 13.1 Å². The Hall–Kier alpha value is -2.08. The predicted molar refractivity (Wildman–Crippen MR) is 117 cm³/mol. The van der Waals surface area contributed by atoms with Gasteiger partial charge in [0.2, 0.25) is 5.91 Å². The number of amides is 2. The summed E-state index contributed by atoms with van der Waals surface area (Å²) in [6, 6.07) is 4.23. The summed E-state index contributed by atoms with van der Waals surface area (Å²) in [7, 11) is 1.88. The smallest absolute Gasteiger partial charge is 0.257 e. The number of carbonyl (C=O) groups is 2. The number of carbonyl (C=O) groups excluding carboxylic acids is 2. The summed E-state index contributed by atoms with van der Waals surface area (Å²) in [6.07, 6.45) is 10.0. The van der Waals surface area contributed by atoms with Gasteiger partial charge >= 0.3 is 0 Å². The lowest BCUT2D eigenvalue weighted by atomic mass is 9.92. The molecule has 2 aromatic heterocycles. The molecule has 0 aromatic carbocycles. The molecule has 2 aromatic rings. The quantitative estimate of drug-likeness (QED) is 0.756. The molecule has 29 heavy (non-hydrogen) atoms. The van der Waals surface area contributed by atoms with Crippen molar-refractivity contribution >= 4 is 23.2 Å². The van der Waals surface area contributed by atoms with E-state index in [1.54, 1.807) is 11.3 Å². The lowest BCUT2D eigenvalue weighted by Crippen LogP contribution is -2.45. The maximum Gasteiger partial charge on any atom is 0.257 e. The second-order valence-corrected chi connectivity index (χ2v) is 9.67. The zero-order valence-corrected chi connectivity index (χ0v) is 18.5. The SMILES string of the molecule is CC(C)N(C)C(=O)C1CCN(C(=O)c2c(-n3cccc3)sc3c2CCCC3)CC1. The zero-order chi connectivity index (χ0) is 20.5. The van der Waals surface area contributed by atoms with E-state index in [-0.39, 0.29) is 23.8 Å². The number of thiophene rings is 1. The van der Waals surface area contributed by atoms with Gasteiger partial charge < -0.3 is 14.4 Å². The largest absolute Gasteiger partial charge is 0.343 e. The fourth-order valence-electron chi connectivity index (χ4n) is 4.45. The van der Waals surface area contributed by atoms with Crippen molar-refractivity contribution in [3.8, 4) is 5.00 Å². The van der Waals surface area contributed by atoms with Crippen LogP contribution < -0.4 is 0 Å². The molecular weight excluding hydrogens is 382 g/mol. The van der Waals surface area contributed by atoms with E-state index in [1.165, 1.54) is 16.9 Å². The molecule has 1 aliphatic carbocycles. The standard InChI is InChI=1S/C23H31N3O2S/c1-16(2)24(3)21(27)17-10-14-25(15-11-17)22(28)20-18-8-4-5-9-19(18)29-23(20)26-12-6-7-13-26/h6-7,12-13,16-17H,4-5,8-11,14-15H2,1-3H3. The highest BCUT2D eigenvalue weighted by atomic mass is 32.1. The van der Waals surface area contributed by atoms with E-state index < -0.39 is 0 Å². The highest BCUT2D eigenvalue weighted by Crippen LogP contribution is 2.38. The molecule has 3 heterocycles. The third kappa shape index (κ3) is 3.87. The molecule has 2 aliphatic rings. The number of nitrogens with zero attached hydrogens (tertiary/aromatic N) is 3. The van der Waals surface area contributed by atoms with Crippen molar-refractivity contribution in [3.05, 3.63) is 40.5 Å². The minimum Gasteiger partial charge on any atom is -0.343 e. The maximum absolute atomic E-state index is 13.6. The van der Waals surface area contributed by atoms with Gasteiger partial charge in [-0.2, -0.15) is 0 Å². The summed E-state index contributed by atoms with van der Waals surface area (Å²) in [5.74, 6) is 0.399. The van der Waals surface area contributed by atoms with Crippen LogP contribution in [0.2, 0.25) is 0 Å². The van der Waals surface area contributed by atoms with Crippen molar-refractivity contribution in [2.45, 2.75) is 58.4 Å². The normalized spacial score (nSPS) is 17.4. The topological polar surface area (TPSA) is 45.6 Å². The van der Waals surface area contributed by atoms with Crippen molar-refractivity contribution < 1.29 is 9.59 Å². The first-order valence-corrected chi connectivity index (χ1v) is 11.6. The average Bonchev–Trinajstić information content (AvgIpc) is 3.39. The first-order chi connectivity index (χ1) is 14.0. The van der Waals surface area contributed by atoms with Crippen LogP contribution in [0, 0.1) is 5.92 Å². The fourth-order valence-corrected chi connectivity index (χ4v) is 5.80. The molecule has 2 amide bonds. The Morgan fingerprint density at radius 3 is 2.41 bits per heavy atom. The first kappa shape index (κ1) is 20.2. The van der Waals surface area contributed by atoms with E-state index in [9.17, 15) is 9.59 Å². The van der Waals surface area contributed by atoms with Gasteiger partial charge in [0.1, 0.15) is 5.00 Å². The third-order valence-corrected chi connectivity index (χ3v) is 7.76. The Morgan fingerprint density at radius 1 is 1.10 bits per heavy atom. The maximum atomic E-state index is 13.6. The molecule has 5 nitrogen and oxygen atoms in total. The van der Waals surface area contributed by atoms with Crippen LogP contribution in [0.4, 0.5) is 0 Å². The molecule has 0 bridgehead atoms.